The molecule has 1 amide bonds. The molecule has 0 aromatic carbocycles. The van der Waals surface area contributed by atoms with Crippen molar-refractivity contribution in [2.24, 2.45) is 11.1 Å². The highest BCUT2D eigenvalue weighted by Gasteiger charge is 2.30. The van der Waals surface area contributed by atoms with Crippen LogP contribution in [-0.4, -0.2) is 43.2 Å². The summed E-state index contributed by atoms with van der Waals surface area (Å²) < 4.78 is 5.40. The van der Waals surface area contributed by atoms with Gasteiger partial charge in [-0.25, -0.2) is 0 Å². The molecule has 2 N–H and O–H groups in total. The summed E-state index contributed by atoms with van der Waals surface area (Å²) in [6, 6.07) is 0. The molecule has 1 unspecified atom stereocenters. The molecule has 4 nitrogen and oxygen atoms in total. The molecule has 0 aromatic heterocycles. The Morgan fingerprint density at radius 2 is 2.21 bits per heavy atom. The highest BCUT2D eigenvalue weighted by Crippen LogP contribution is 2.19. The Labute approximate surface area is 85.4 Å². The number of ether oxygens (including phenoxy) is 1. The summed E-state index contributed by atoms with van der Waals surface area (Å²) in [5.74, 6) is 0.180. The van der Waals surface area contributed by atoms with Crippen molar-refractivity contribution in [3.05, 3.63) is 0 Å². The lowest BCUT2D eigenvalue weighted by molar-refractivity contribution is -0.146. The van der Waals surface area contributed by atoms with E-state index in [1.54, 1.807) is 0 Å². The molecular weight excluding hydrogens is 180 g/mol. The molecule has 1 fully saturated rings. The lowest BCUT2D eigenvalue weighted by Crippen LogP contribution is -2.51. The van der Waals surface area contributed by atoms with Crippen LogP contribution in [0.1, 0.15) is 20.8 Å². The second-order valence-corrected chi connectivity index (χ2v) is 4.73. The molecule has 1 saturated heterocycles. The van der Waals surface area contributed by atoms with Gasteiger partial charge in [0.05, 0.1) is 12.7 Å². The molecule has 0 spiro atoms. The predicted molar refractivity (Wildman–Crippen MR) is 54.8 cm³/mol. The Balaban J connectivity index is 2.56. The van der Waals surface area contributed by atoms with Gasteiger partial charge in [0.25, 0.3) is 0 Å². The zero-order valence-corrected chi connectivity index (χ0v) is 9.25. The summed E-state index contributed by atoms with van der Waals surface area (Å²) in [5.41, 5.74) is 5.20. The third-order valence-electron chi connectivity index (χ3n) is 2.33. The molecule has 1 aliphatic rings. The average molecular weight is 200 g/mol. The first-order valence-electron chi connectivity index (χ1n) is 5.06. The molecule has 0 bridgehead atoms. The summed E-state index contributed by atoms with van der Waals surface area (Å²) >= 11 is 0. The van der Waals surface area contributed by atoms with Crippen molar-refractivity contribution in [3.8, 4) is 0 Å². The van der Waals surface area contributed by atoms with Gasteiger partial charge >= 0.3 is 0 Å². The smallest absolute Gasteiger partial charge is 0.228 e. The number of amides is 1. The van der Waals surface area contributed by atoms with Gasteiger partial charge in [0.2, 0.25) is 5.91 Å². The second-order valence-electron chi connectivity index (χ2n) is 4.73. The number of morpholine rings is 1. The van der Waals surface area contributed by atoms with Gasteiger partial charge in [-0.15, -0.1) is 0 Å². The molecule has 0 saturated carbocycles. The Bertz CT molecular complexity index is 211. The van der Waals surface area contributed by atoms with E-state index in [1.807, 2.05) is 25.7 Å². The second kappa shape index (κ2) is 4.28. The van der Waals surface area contributed by atoms with Gasteiger partial charge in [0.15, 0.2) is 0 Å². The molecule has 14 heavy (non-hydrogen) atoms. The maximum atomic E-state index is 11.9. The van der Waals surface area contributed by atoms with Crippen molar-refractivity contribution in [3.63, 3.8) is 0 Å². The number of nitrogens with zero attached hydrogens (tertiary/aromatic N) is 1. The highest BCUT2D eigenvalue weighted by atomic mass is 16.5. The average Bonchev–Trinajstić information content (AvgIpc) is 2.15. The van der Waals surface area contributed by atoms with E-state index in [-0.39, 0.29) is 17.4 Å². The molecule has 1 heterocycles. The summed E-state index contributed by atoms with van der Waals surface area (Å²) in [6.07, 6.45) is 0.00931. The fourth-order valence-corrected chi connectivity index (χ4v) is 1.52. The molecule has 1 atom stereocenters. The standard InChI is InChI=1S/C10H20N2O2/c1-10(2,3)9(13)12-4-5-14-8(6-11)7-12/h8H,4-7,11H2,1-3H3. The summed E-state index contributed by atoms with van der Waals surface area (Å²) in [6.45, 7) is 8.20. The molecule has 0 aliphatic carbocycles. The van der Waals surface area contributed by atoms with E-state index in [0.717, 1.165) is 0 Å². The van der Waals surface area contributed by atoms with E-state index >= 15 is 0 Å². The van der Waals surface area contributed by atoms with Gasteiger partial charge < -0.3 is 15.4 Å². The SMILES string of the molecule is CC(C)(C)C(=O)N1CCOC(CN)C1. The van der Waals surface area contributed by atoms with Crippen LogP contribution in [0.5, 0.6) is 0 Å². The molecule has 1 aliphatic heterocycles. The van der Waals surface area contributed by atoms with Gasteiger partial charge in [-0.3, -0.25) is 4.79 Å². The van der Waals surface area contributed by atoms with Crippen LogP contribution in [0, 0.1) is 5.41 Å². The minimum Gasteiger partial charge on any atom is -0.373 e. The minimum atomic E-state index is -0.309. The molecular formula is C10H20N2O2. The molecule has 0 radical (unpaired) electrons. The fraction of sp³-hybridized carbons (Fsp3) is 0.900. The quantitative estimate of drug-likeness (QED) is 0.658. The maximum absolute atomic E-state index is 11.9. The molecule has 1 rings (SSSR count). The first kappa shape index (κ1) is 11.5. The van der Waals surface area contributed by atoms with Crippen LogP contribution in [-0.2, 0) is 9.53 Å². The van der Waals surface area contributed by atoms with Crippen LogP contribution in [0.2, 0.25) is 0 Å². The number of hydrogen-bond donors (Lipinski definition) is 1. The Kier molecular flexibility index (Phi) is 3.50. The van der Waals surface area contributed by atoms with Gasteiger partial charge in [-0.05, 0) is 0 Å². The zero-order valence-electron chi connectivity index (χ0n) is 9.25. The number of hydrogen-bond acceptors (Lipinski definition) is 3. The first-order valence-corrected chi connectivity index (χ1v) is 5.06. The van der Waals surface area contributed by atoms with Crippen LogP contribution >= 0.6 is 0 Å². The van der Waals surface area contributed by atoms with Crippen molar-refractivity contribution in [2.75, 3.05) is 26.2 Å². The summed E-state index contributed by atoms with van der Waals surface area (Å²) in [7, 11) is 0. The van der Waals surface area contributed by atoms with E-state index < -0.39 is 0 Å². The van der Waals surface area contributed by atoms with Crippen LogP contribution in [0.3, 0.4) is 0 Å². The van der Waals surface area contributed by atoms with Gasteiger partial charge in [0, 0.05) is 25.0 Å². The normalized spacial score (nSPS) is 23.7. The maximum Gasteiger partial charge on any atom is 0.228 e. The Morgan fingerprint density at radius 3 is 2.71 bits per heavy atom. The lowest BCUT2D eigenvalue weighted by atomic mass is 9.94. The number of nitrogens with two attached hydrogens (primary N) is 1. The van der Waals surface area contributed by atoms with E-state index in [4.69, 9.17) is 10.5 Å². The molecule has 4 heteroatoms. The molecule has 82 valence electrons. The zero-order chi connectivity index (χ0) is 10.8. The van der Waals surface area contributed by atoms with E-state index in [0.29, 0.717) is 26.2 Å². The Morgan fingerprint density at radius 1 is 1.57 bits per heavy atom. The van der Waals surface area contributed by atoms with E-state index in [9.17, 15) is 4.79 Å². The first-order chi connectivity index (χ1) is 6.45. The number of carbonyl (C=O) groups is 1. The van der Waals surface area contributed by atoms with Crippen molar-refractivity contribution >= 4 is 5.91 Å². The van der Waals surface area contributed by atoms with Gasteiger partial charge in [-0.1, -0.05) is 20.8 Å². The Hall–Kier alpha value is -0.610. The third kappa shape index (κ3) is 2.69. The van der Waals surface area contributed by atoms with E-state index in [1.165, 1.54) is 0 Å². The lowest BCUT2D eigenvalue weighted by Gasteiger charge is -2.36. The van der Waals surface area contributed by atoms with Crippen molar-refractivity contribution in [1.29, 1.82) is 0 Å². The van der Waals surface area contributed by atoms with Crippen LogP contribution in [0.25, 0.3) is 0 Å². The summed E-state index contributed by atoms with van der Waals surface area (Å²) in [4.78, 5) is 13.8. The molecule has 0 aromatic rings. The van der Waals surface area contributed by atoms with Crippen LogP contribution in [0.15, 0.2) is 0 Å². The van der Waals surface area contributed by atoms with Crippen LogP contribution < -0.4 is 5.73 Å². The van der Waals surface area contributed by atoms with Crippen molar-refractivity contribution < 1.29 is 9.53 Å². The topological polar surface area (TPSA) is 55.6 Å². The van der Waals surface area contributed by atoms with Crippen molar-refractivity contribution in [2.45, 2.75) is 26.9 Å². The van der Waals surface area contributed by atoms with E-state index in [2.05, 4.69) is 0 Å². The fourth-order valence-electron chi connectivity index (χ4n) is 1.52. The summed E-state index contributed by atoms with van der Waals surface area (Å²) in [5, 5.41) is 0. The monoisotopic (exact) mass is 200 g/mol. The number of carbonyl (C=O) groups excluding carboxylic acids is 1. The minimum absolute atomic E-state index is 0.00931. The number of rotatable bonds is 1. The van der Waals surface area contributed by atoms with Gasteiger partial charge in [0.1, 0.15) is 0 Å². The third-order valence-corrected chi connectivity index (χ3v) is 2.33. The van der Waals surface area contributed by atoms with Crippen LogP contribution in [0.4, 0.5) is 0 Å². The highest BCUT2D eigenvalue weighted by molar-refractivity contribution is 5.81. The largest absolute Gasteiger partial charge is 0.373 e. The van der Waals surface area contributed by atoms with Crippen molar-refractivity contribution in [1.82, 2.24) is 4.90 Å². The predicted octanol–water partition coefficient (Wildman–Crippen LogP) is 0.219. The van der Waals surface area contributed by atoms with Gasteiger partial charge in [-0.2, -0.15) is 0 Å².